The van der Waals surface area contributed by atoms with Crippen LogP contribution in [0.4, 0.5) is 8.78 Å². The van der Waals surface area contributed by atoms with E-state index < -0.39 is 17.7 Å². The van der Waals surface area contributed by atoms with Gasteiger partial charge in [0.05, 0.1) is 6.04 Å². The van der Waals surface area contributed by atoms with Crippen molar-refractivity contribution in [3.05, 3.63) is 65.7 Å². The Morgan fingerprint density at radius 3 is 2.55 bits per heavy atom. The molecule has 0 aliphatic carbocycles. The predicted molar refractivity (Wildman–Crippen MR) is 74.7 cm³/mol. The van der Waals surface area contributed by atoms with Gasteiger partial charge in [0.25, 0.3) is 0 Å². The highest BCUT2D eigenvalue weighted by molar-refractivity contribution is 5.24. The molecule has 0 aliphatic heterocycles. The van der Waals surface area contributed by atoms with Crippen LogP contribution in [0.15, 0.2) is 48.5 Å². The highest BCUT2D eigenvalue weighted by Crippen LogP contribution is 2.20. The molecule has 4 heteroatoms. The number of likely N-dealkylation sites (N-methyl/N-ethyl adjacent to an activating group) is 1. The summed E-state index contributed by atoms with van der Waals surface area (Å²) in [5.41, 5.74) is 0.280. The van der Waals surface area contributed by atoms with Crippen LogP contribution < -0.4 is 10.1 Å². The molecule has 2 rings (SSSR count). The van der Waals surface area contributed by atoms with Crippen LogP contribution in [0, 0.1) is 11.6 Å². The van der Waals surface area contributed by atoms with E-state index in [2.05, 4.69) is 5.32 Å². The second-order valence-electron chi connectivity index (χ2n) is 4.40. The molecule has 0 saturated heterocycles. The van der Waals surface area contributed by atoms with Crippen molar-refractivity contribution in [2.24, 2.45) is 0 Å². The first-order valence-corrected chi connectivity index (χ1v) is 6.57. The Hall–Kier alpha value is -1.94. The van der Waals surface area contributed by atoms with Crippen molar-refractivity contribution in [1.29, 1.82) is 0 Å². The van der Waals surface area contributed by atoms with Gasteiger partial charge in [-0.3, -0.25) is 0 Å². The predicted octanol–water partition coefficient (Wildman–Crippen LogP) is 3.69. The summed E-state index contributed by atoms with van der Waals surface area (Å²) < 4.78 is 32.7. The highest BCUT2D eigenvalue weighted by atomic mass is 19.1. The molecule has 2 aromatic rings. The van der Waals surface area contributed by atoms with Crippen LogP contribution in [0.5, 0.6) is 5.75 Å². The lowest BCUT2D eigenvalue weighted by Gasteiger charge is -2.19. The number of hydrogen-bond acceptors (Lipinski definition) is 2. The molecule has 0 aromatic heterocycles. The number of halogens is 2. The number of hydrogen-bond donors (Lipinski definition) is 1. The van der Waals surface area contributed by atoms with Crippen molar-refractivity contribution >= 4 is 0 Å². The fraction of sp³-hybridized carbons (Fsp3) is 0.250. The van der Waals surface area contributed by atoms with Crippen LogP contribution in [-0.2, 0) is 0 Å². The molecule has 1 N–H and O–H groups in total. The van der Waals surface area contributed by atoms with Crippen LogP contribution >= 0.6 is 0 Å². The monoisotopic (exact) mass is 277 g/mol. The van der Waals surface area contributed by atoms with Crippen molar-refractivity contribution in [2.45, 2.75) is 13.0 Å². The van der Waals surface area contributed by atoms with Crippen LogP contribution in [0.25, 0.3) is 0 Å². The molecule has 1 atom stereocenters. The van der Waals surface area contributed by atoms with Crippen LogP contribution in [0.3, 0.4) is 0 Å². The summed E-state index contributed by atoms with van der Waals surface area (Å²) >= 11 is 0. The molecule has 0 radical (unpaired) electrons. The van der Waals surface area contributed by atoms with Crippen molar-refractivity contribution in [1.82, 2.24) is 5.32 Å². The Kier molecular flexibility index (Phi) is 5.07. The maximum atomic E-state index is 13.8. The quantitative estimate of drug-likeness (QED) is 0.869. The lowest BCUT2D eigenvalue weighted by Crippen LogP contribution is -2.27. The third kappa shape index (κ3) is 3.78. The first-order chi connectivity index (χ1) is 9.70. The number of para-hydroxylation sites is 1. The third-order valence-corrected chi connectivity index (χ3v) is 2.94. The van der Waals surface area contributed by atoms with Crippen molar-refractivity contribution in [2.75, 3.05) is 13.2 Å². The third-order valence-electron chi connectivity index (χ3n) is 2.94. The van der Waals surface area contributed by atoms with Gasteiger partial charge >= 0.3 is 0 Å². The number of ether oxygens (including phenoxy) is 1. The molecule has 0 bridgehead atoms. The second-order valence-corrected chi connectivity index (χ2v) is 4.40. The minimum atomic E-state index is -0.455. The van der Waals surface area contributed by atoms with Gasteiger partial charge in [-0.15, -0.1) is 0 Å². The molecule has 0 fully saturated rings. The Bertz CT molecular complexity index is 545. The van der Waals surface area contributed by atoms with Gasteiger partial charge < -0.3 is 10.1 Å². The van der Waals surface area contributed by atoms with Gasteiger partial charge in [0.1, 0.15) is 24.0 Å². The fourth-order valence-electron chi connectivity index (χ4n) is 1.98. The van der Waals surface area contributed by atoms with Crippen LogP contribution in [0.1, 0.15) is 18.5 Å². The number of nitrogens with one attached hydrogen (secondary N) is 1. The summed E-state index contributed by atoms with van der Waals surface area (Å²) in [6.45, 7) is 2.78. The molecule has 2 nitrogen and oxygen atoms in total. The smallest absolute Gasteiger partial charge is 0.128 e. The van der Waals surface area contributed by atoms with E-state index in [0.29, 0.717) is 12.3 Å². The van der Waals surface area contributed by atoms with Gasteiger partial charge in [0.15, 0.2) is 0 Å². The van der Waals surface area contributed by atoms with Crippen molar-refractivity contribution in [3.63, 3.8) is 0 Å². The van der Waals surface area contributed by atoms with E-state index in [1.807, 2.05) is 37.3 Å². The van der Waals surface area contributed by atoms with Crippen molar-refractivity contribution in [3.8, 4) is 5.75 Å². The molecule has 0 heterocycles. The van der Waals surface area contributed by atoms with Gasteiger partial charge in [-0.1, -0.05) is 25.1 Å². The maximum Gasteiger partial charge on any atom is 0.128 e. The zero-order valence-electron chi connectivity index (χ0n) is 11.3. The summed E-state index contributed by atoms with van der Waals surface area (Å²) in [5, 5.41) is 3.11. The molecule has 106 valence electrons. The Morgan fingerprint density at radius 1 is 1.10 bits per heavy atom. The van der Waals surface area contributed by atoms with Gasteiger partial charge in [-0.05, 0) is 36.9 Å². The SMILES string of the molecule is CCNC(COc1ccccc1)c1cc(F)ccc1F. The average molecular weight is 277 g/mol. The zero-order valence-corrected chi connectivity index (χ0v) is 11.3. The van der Waals surface area contributed by atoms with Gasteiger partial charge in [0, 0.05) is 5.56 Å². The minimum absolute atomic E-state index is 0.234. The molecule has 0 spiro atoms. The van der Waals surface area contributed by atoms with E-state index in [0.717, 1.165) is 12.1 Å². The number of benzene rings is 2. The van der Waals surface area contributed by atoms with E-state index in [-0.39, 0.29) is 12.2 Å². The summed E-state index contributed by atoms with van der Waals surface area (Å²) in [5.74, 6) is -0.190. The van der Waals surface area contributed by atoms with E-state index >= 15 is 0 Å². The first kappa shape index (κ1) is 14.5. The normalized spacial score (nSPS) is 12.2. The molecule has 0 aliphatic rings. The molecule has 0 saturated carbocycles. The van der Waals surface area contributed by atoms with Gasteiger partial charge in [-0.2, -0.15) is 0 Å². The van der Waals surface area contributed by atoms with Crippen LogP contribution in [0.2, 0.25) is 0 Å². The fourth-order valence-corrected chi connectivity index (χ4v) is 1.98. The highest BCUT2D eigenvalue weighted by Gasteiger charge is 2.16. The van der Waals surface area contributed by atoms with Gasteiger partial charge in [-0.25, -0.2) is 8.78 Å². The zero-order chi connectivity index (χ0) is 14.4. The topological polar surface area (TPSA) is 21.3 Å². The van der Waals surface area contributed by atoms with Crippen molar-refractivity contribution < 1.29 is 13.5 Å². The Labute approximate surface area is 117 Å². The lowest BCUT2D eigenvalue weighted by atomic mass is 10.1. The molecule has 2 aromatic carbocycles. The Morgan fingerprint density at radius 2 is 1.85 bits per heavy atom. The number of rotatable bonds is 6. The van der Waals surface area contributed by atoms with E-state index in [9.17, 15) is 8.78 Å². The summed E-state index contributed by atoms with van der Waals surface area (Å²) in [7, 11) is 0. The van der Waals surface area contributed by atoms with Crippen LogP contribution in [-0.4, -0.2) is 13.2 Å². The van der Waals surface area contributed by atoms with Gasteiger partial charge in [0.2, 0.25) is 0 Å². The minimum Gasteiger partial charge on any atom is -0.492 e. The first-order valence-electron chi connectivity index (χ1n) is 6.57. The standard InChI is InChI=1S/C16H17F2NO/c1-2-19-16(11-20-13-6-4-3-5-7-13)14-10-12(17)8-9-15(14)18/h3-10,16,19H,2,11H2,1H3. The molecule has 1 unspecified atom stereocenters. The second kappa shape index (κ2) is 7.01. The molecular formula is C16H17F2NO. The van der Waals surface area contributed by atoms with E-state index in [1.165, 1.54) is 6.07 Å². The summed E-state index contributed by atoms with van der Waals surface area (Å²) in [6, 6.07) is 12.3. The Balaban J connectivity index is 2.12. The lowest BCUT2D eigenvalue weighted by molar-refractivity contribution is 0.264. The van der Waals surface area contributed by atoms with E-state index in [1.54, 1.807) is 0 Å². The molecule has 0 amide bonds. The average Bonchev–Trinajstić information content (AvgIpc) is 2.47. The molecular weight excluding hydrogens is 260 g/mol. The van der Waals surface area contributed by atoms with E-state index in [4.69, 9.17) is 4.74 Å². The summed E-state index contributed by atoms with van der Waals surface area (Å²) in [6.07, 6.45) is 0. The largest absolute Gasteiger partial charge is 0.492 e. The maximum absolute atomic E-state index is 13.8. The summed E-state index contributed by atoms with van der Waals surface area (Å²) in [4.78, 5) is 0. The molecule has 20 heavy (non-hydrogen) atoms.